The molecule has 24 heavy (non-hydrogen) atoms. The van der Waals surface area contributed by atoms with Crippen LogP contribution in [0.1, 0.15) is 32.1 Å². The van der Waals surface area contributed by atoms with E-state index in [1.165, 1.54) is 17.8 Å². The molecule has 0 saturated heterocycles. The van der Waals surface area contributed by atoms with Gasteiger partial charge in [-0.3, -0.25) is 4.79 Å². The van der Waals surface area contributed by atoms with Gasteiger partial charge in [0.1, 0.15) is 0 Å². The molecule has 0 spiro atoms. The van der Waals surface area contributed by atoms with Gasteiger partial charge in [0.05, 0.1) is 0 Å². The molecule has 1 amide bonds. The largest absolute Gasteiger partial charge is 0.454 e. The smallest absolute Gasteiger partial charge is 0.330 e. The first-order chi connectivity index (χ1) is 11.7. The Bertz CT molecular complexity index is 679. The fourth-order valence-electron chi connectivity index (χ4n) is 2.64. The maximum Gasteiger partial charge on any atom is 0.330 e. The number of carbonyl (C=O) groups is 2. The van der Waals surface area contributed by atoms with Crippen molar-refractivity contribution in [3.05, 3.63) is 16.8 Å². The third-order valence-corrected chi connectivity index (χ3v) is 4.52. The molecule has 1 saturated carbocycles. The van der Waals surface area contributed by atoms with Crippen LogP contribution in [0.5, 0.6) is 0 Å². The Morgan fingerprint density at radius 3 is 2.92 bits per heavy atom. The molecule has 9 heteroatoms. The highest BCUT2D eigenvalue weighted by Crippen LogP contribution is 2.17. The Balaban J connectivity index is 1.41. The molecule has 128 valence electrons. The van der Waals surface area contributed by atoms with Gasteiger partial charge < -0.3 is 10.1 Å². The van der Waals surface area contributed by atoms with Gasteiger partial charge in [0.2, 0.25) is 5.82 Å². The van der Waals surface area contributed by atoms with Crippen molar-refractivity contribution < 1.29 is 14.3 Å². The van der Waals surface area contributed by atoms with Crippen LogP contribution in [0.2, 0.25) is 0 Å². The lowest BCUT2D eigenvalue weighted by Gasteiger charge is -2.22. The highest BCUT2D eigenvalue weighted by atomic mass is 32.1. The standard InChI is InChI=1S/C15H19N5O3S/c21-13(16-12-4-2-1-3-5-12)9-23-14(22)8-20-18-15(17-19-20)11-6-7-24-10-11/h6-7,10,12H,1-5,8-9H2,(H,16,21). The van der Waals surface area contributed by atoms with E-state index in [2.05, 4.69) is 20.7 Å². The van der Waals surface area contributed by atoms with Crippen LogP contribution < -0.4 is 5.32 Å². The predicted molar refractivity (Wildman–Crippen MR) is 87.1 cm³/mol. The Hall–Kier alpha value is -2.29. The maximum absolute atomic E-state index is 11.8. The highest BCUT2D eigenvalue weighted by molar-refractivity contribution is 7.08. The number of rotatable bonds is 6. The SMILES string of the molecule is O=C(COC(=O)Cn1nnc(-c2ccsc2)n1)NC1CCCCC1. The zero-order chi connectivity index (χ0) is 16.8. The molecule has 2 heterocycles. The minimum atomic E-state index is -0.567. The Labute approximate surface area is 143 Å². The van der Waals surface area contributed by atoms with Crippen molar-refractivity contribution in [2.24, 2.45) is 0 Å². The van der Waals surface area contributed by atoms with Gasteiger partial charge >= 0.3 is 5.97 Å². The summed E-state index contributed by atoms with van der Waals surface area (Å²) in [6.07, 6.45) is 5.48. The van der Waals surface area contributed by atoms with E-state index in [1.54, 1.807) is 0 Å². The molecule has 1 aliphatic rings. The Morgan fingerprint density at radius 2 is 2.17 bits per heavy atom. The summed E-state index contributed by atoms with van der Waals surface area (Å²) in [6, 6.07) is 2.08. The van der Waals surface area contributed by atoms with Crippen molar-refractivity contribution in [3.8, 4) is 11.4 Å². The molecule has 1 aliphatic carbocycles. The van der Waals surface area contributed by atoms with Gasteiger partial charge in [0.15, 0.2) is 13.2 Å². The number of amides is 1. The number of hydrogen-bond donors (Lipinski definition) is 1. The summed E-state index contributed by atoms with van der Waals surface area (Å²) in [7, 11) is 0. The van der Waals surface area contributed by atoms with Crippen molar-refractivity contribution in [2.45, 2.75) is 44.7 Å². The van der Waals surface area contributed by atoms with Crippen LogP contribution in [0.3, 0.4) is 0 Å². The van der Waals surface area contributed by atoms with E-state index >= 15 is 0 Å². The second-order valence-corrected chi connectivity index (χ2v) is 6.50. The van der Waals surface area contributed by atoms with Crippen LogP contribution in [0.15, 0.2) is 16.8 Å². The summed E-state index contributed by atoms with van der Waals surface area (Å²) in [5, 5.41) is 18.5. The molecule has 2 aromatic heterocycles. The number of thiophene rings is 1. The molecule has 1 N–H and O–H groups in total. The Kier molecular flexibility index (Phi) is 5.52. The first-order valence-corrected chi connectivity index (χ1v) is 8.90. The summed E-state index contributed by atoms with van der Waals surface area (Å²) in [4.78, 5) is 24.7. The molecule has 0 unspecified atom stereocenters. The van der Waals surface area contributed by atoms with Crippen LogP contribution in [0.25, 0.3) is 11.4 Å². The number of tetrazole rings is 1. The monoisotopic (exact) mass is 349 g/mol. The first kappa shape index (κ1) is 16.6. The number of hydrogen-bond acceptors (Lipinski definition) is 7. The lowest BCUT2D eigenvalue weighted by molar-refractivity contribution is -0.149. The van der Waals surface area contributed by atoms with Gasteiger partial charge in [-0.2, -0.15) is 16.1 Å². The number of nitrogens with one attached hydrogen (secondary N) is 1. The summed E-state index contributed by atoms with van der Waals surface area (Å²) in [6.45, 7) is -0.449. The number of carbonyl (C=O) groups excluding carboxylic acids is 2. The van der Waals surface area contributed by atoms with E-state index in [1.807, 2.05) is 16.8 Å². The van der Waals surface area contributed by atoms with Crippen molar-refractivity contribution in [2.75, 3.05) is 6.61 Å². The van der Waals surface area contributed by atoms with Gasteiger partial charge in [-0.05, 0) is 29.5 Å². The summed E-state index contributed by atoms with van der Waals surface area (Å²) < 4.78 is 4.97. The molecular formula is C15H19N5O3S. The molecule has 3 rings (SSSR count). The lowest BCUT2D eigenvalue weighted by atomic mass is 9.95. The number of ether oxygens (including phenoxy) is 1. The maximum atomic E-state index is 11.8. The number of aromatic nitrogens is 4. The second-order valence-electron chi connectivity index (χ2n) is 5.72. The van der Waals surface area contributed by atoms with Crippen LogP contribution in [0, 0.1) is 0 Å². The Morgan fingerprint density at radius 1 is 1.33 bits per heavy atom. The van der Waals surface area contributed by atoms with E-state index < -0.39 is 5.97 Å². The van der Waals surface area contributed by atoms with Gasteiger partial charge in [-0.1, -0.05) is 19.3 Å². The van der Waals surface area contributed by atoms with Gasteiger partial charge in [0.25, 0.3) is 5.91 Å². The zero-order valence-electron chi connectivity index (χ0n) is 13.2. The quantitative estimate of drug-likeness (QED) is 0.791. The topological polar surface area (TPSA) is 99.0 Å². The molecule has 1 fully saturated rings. The van der Waals surface area contributed by atoms with Crippen molar-refractivity contribution in [3.63, 3.8) is 0 Å². The summed E-state index contributed by atoms with van der Waals surface area (Å²) in [5.74, 6) is -0.372. The summed E-state index contributed by atoms with van der Waals surface area (Å²) >= 11 is 1.53. The molecule has 0 aliphatic heterocycles. The zero-order valence-corrected chi connectivity index (χ0v) is 14.0. The van der Waals surface area contributed by atoms with Crippen molar-refractivity contribution in [1.82, 2.24) is 25.5 Å². The van der Waals surface area contributed by atoms with E-state index in [0.717, 1.165) is 36.0 Å². The minimum Gasteiger partial charge on any atom is -0.454 e. The van der Waals surface area contributed by atoms with E-state index in [9.17, 15) is 9.59 Å². The number of esters is 1. The lowest BCUT2D eigenvalue weighted by Crippen LogP contribution is -2.39. The van der Waals surface area contributed by atoms with Gasteiger partial charge in [0, 0.05) is 17.0 Å². The van der Waals surface area contributed by atoms with Crippen LogP contribution in [-0.4, -0.2) is 44.7 Å². The molecule has 2 aromatic rings. The second kappa shape index (κ2) is 8.00. The molecule has 0 radical (unpaired) electrons. The van der Waals surface area contributed by atoms with E-state index in [4.69, 9.17) is 4.74 Å². The molecule has 0 aromatic carbocycles. The minimum absolute atomic E-state index is 0.173. The van der Waals surface area contributed by atoms with E-state index in [0.29, 0.717) is 5.82 Å². The molecule has 8 nitrogen and oxygen atoms in total. The molecule has 0 atom stereocenters. The average Bonchev–Trinajstić information content (AvgIpc) is 3.25. The number of nitrogens with zero attached hydrogens (tertiary/aromatic N) is 4. The average molecular weight is 349 g/mol. The van der Waals surface area contributed by atoms with Crippen LogP contribution in [-0.2, 0) is 20.9 Å². The van der Waals surface area contributed by atoms with Gasteiger partial charge in [-0.25, -0.2) is 4.79 Å². The highest BCUT2D eigenvalue weighted by Gasteiger charge is 2.17. The molecule has 0 bridgehead atoms. The van der Waals surface area contributed by atoms with Crippen molar-refractivity contribution in [1.29, 1.82) is 0 Å². The van der Waals surface area contributed by atoms with Gasteiger partial charge in [-0.15, -0.1) is 10.2 Å². The van der Waals surface area contributed by atoms with Crippen LogP contribution in [0.4, 0.5) is 0 Å². The third kappa shape index (κ3) is 4.60. The van der Waals surface area contributed by atoms with Crippen LogP contribution >= 0.6 is 11.3 Å². The van der Waals surface area contributed by atoms with E-state index in [-0.39, 0.29) is 25.1 Å². The first-order valence-electron chi connectivity index (χ1n) is 7.96. The van der Waals surface area contributed by atoms with Crippen molar-refractivity contribution >= 4 is 23.2 Å². The normalized spacial score (nSPS) is 15.2. The fraction of sp³-hybridized carbons (Fsp3) is 0.533. The predicted octanol–water partition coefficient (Wildman–Crippen LogP) is 1.39. The fourth-order valence-corrected chi connectivity index (χ4v) is 3.28. The third-order valence-electron chi connectivity index (χ3n) is 3.84. The molecular weight excluding hydrogens is 330 g/mol. The summed E-state index contributed by atoms with van der Waals surface area (Å²) in [5.41, 5.74) is 0.853.